The van der Waals surface area contributed by atoms with Crippen molar-refractivity contribution in [1.82, 2.24) is 15.1 Å². The van der Waals surface area contributed by atoms with Crippen LogP contribution >= 0.6 is 15.9 Å². The van der Waals surface area contributed by atoms with Gasteiger partial charge < -0.3 is 15.5 Å². The van der Waals surface area contributed by atoms with Crippen LogP contribution < -0.4 is 10.6 Å². The maximum atomic E-state index is 13.2. The molecule has 0 radical (unpaired) electrons. The number of carbonyl (C=O) groups excluding carboxylic acids is 2. The zero-order valence-electron chi connectivity index (χ0n) is 18.9. The van der Waals surface area contributed by atoms with Crippen molar-refractivity contribution >= 4 is 47.4 Å². The highest BCUT2D eigenvalue weighted by Gasteiger charge is 2.51. The number of rotatable bonds is 4. The Bertz CT molecular complexity index is 1050. The van der Waals surface area contributed by atoms with Gasteiger partial charge in [-0.1, -0.05) is 30.0 Å². The molecule has 1 aromatic carbocycles. The number of urea groups is 1. The van der Waals surface area contributed by atoms with Gasteiger partial charge in [-0.25, -0.2) is 4.79 Å². The van der Waals surface area contributed by atoms with Crippen molar-refractivity contribution in [2.45, 2.75) is 70.4 Å². The summed E-state index contributed by atoms with van der Waals surface area (Å²) in [5.41, 5.74) is 2.90. The summed E-state index contributed by atoms with van der Waals surface area (Å²) < 4.78 is 0.840. The molecule has 2 aromatic rings. The SMILES string of the molecule is Cc1cccc(Br)c1NC(=O)N1Cc2c(NC(=O)C3([Si-](C)(C)C)CC3)n[nH]c2C1(C)C. The maximum absolute atomic E-state index is 13.2. The topological polar surface area (TPSA) is 90.1 Å². The van der Waals surface area contributed by atoms with Crippen LogP contribution in [0.2, 0.25) is 24.7 Å². The largest absolute Gasteiger partial charge is 0.322 e. The third-order valence-corrected chi connectivity index (χ3v) is 11.3. The maximum Gasteiger partial charge on any atom is 0.322 e. The summed E-state index contributed by atoms with van der Waals surface area (Å²) in [6.45, 7) is 13.0. The van der Waals surface area contributed by atoms with Gasteiger partial charge in [-0.3, -0.25) is 9.89 Å². The van der Waals surface area contributed by atoms with Gasteiger partial charge in [-0.2, -0.15) is 24.7 Å². The van der Waals surface area contributed by atoms with Crippen LogP contribution in [0, 0.1) is 6.92 Å². The molecule has 31 heavy (non-hydrogen) atoms. The predicted molar refractivity (Wildman–Crippen MR) is 129 cm³/mol. The molecule has 167 valence electrons. The number of hydrogen-bond donors (Lipinski definition) is 3. The number of H-pyrrole nitrogens is 1. The van der Waals surface area contributed by atoms with Crippen LogP contribution in [-0.2, 0) is 16.9 Å². The van der Waals surface area contributed by atoms with Gasteiger partial charge in [0.25, 0.3) is 0 Å². The van der Waals surface area contributed by atoms with Crippen molar-refractivity contribution in [3.63, 3.8) is 0 Å². The number of hydrogen-bond acceptors (Lipinski definition) is 3. The first-order chi connectivity index (χ1) is 14.4. The van der Waals surface area contributed by atoms with E-state index in [1.54, 1.807) is 4.90 Å². The molecule has 0 atom stereocenters. The molecule has 0 saturated heterocycles. The monoisotopic (exact) mass is 503 g/mol. The smallest absolute Gasteiger partial charge is 0.311 e. The fourth-order valence-electron chi connectivity index (χ4n) is 4.58. The molecule has 2 heterocycles. The van der Waals surface area contributed by atoms with Crippen LogP contribution in [0.25, 0.3) is 0 Å². The van der Waals surface area contributed by atoms with Crippen LogP contribution in [0.4, 0.5) is 16.3 Å². The third-order valence-electron chi connectivity index (χ3n) is 7.02. The molecule has 1 aliphatic heterocycles. The summed E-state index contributed by atoms with van der Waals surface area (Å²) in [5.74, 6) is 0.621. The molecule has 1 aromatic heterocycles. The Morgan fingerprint density at radius 2 is 1.87 bits per heavy atom. The molecule has 9 heteroatoms. The standard InChI is InChI=1S/C22H30BrN5O2Si/c1-13-8-7-9-15(23)16(13)24-20(30)28-12-14-17(21(28,2)3)26-27-18(14)25-19(29)22(10-11-22)31(4,5)6/h7-9H,10-12H2,1-6H3,(H,24,30)(H2,25,26,27,29)/q-1. The molecule has 0 bridgehead atoms. The lowest BCUT2D eigenvalue weighted by Gasteiger charge is -2.38. The molecular formula is C22H30BrN5O2Si-. The van der Waals surface area contributed by atoms with Gasteiger partial charge in [0.1, 0.15) is 0 Å². The normalized spacial score (nSPS) is 18.5. The summed E-state index contributed by atoms with van der Waals surface area (Å²) in [5, 5.41) is 13.4. The van der Waals surface area contributed by atoms with Crippen molar-refractivity contribution in [1.29, 1.82) is 0 Å². The van der Waals surface area contributed by atoms with Crippen molar-refractivity contribution in [3.05, 3.63) is 39.5 Å². The third kappa shape index (κ3) is 3.51. The Labute approximate surface area is 192 Å². The first-order valence-electron chi connectivity index (χ1n) is 10.6. The number of nitrogens with zero attached hydrogens (tertiary/aromatic N) is 2. The molecule has 1 saturated carbocycles. The second-order valence-corrected chi connectivity index (χ2v) is 16.5. The number of benzene rings is 1. The van der Waals surface area contributed by atoms with Crippen molar-refractivity contribution in [2.75, 3.05) is 10.6 Å². The zero-order chi connectivity index (χ0) is 22.8. The minimum Gasteiger partial charge on any atom is -0.311 e. The minimum atomic E-state index is -1.64. The summed E-state index contributed by atoms with van der Waals surface area (Å²) in [6, 6.07) is 5.61. The Morgan fingerprint density at radius 1 is 1.19 bits per heavy atom. The molecule has 3 N–H and O–H groups in total. The first kappa shape index (κ1) is 22.1. The van der Waals surface area contributed by atoms with E-state index in [0.717, 1.165) is 39.8 Å². The fourth-order valence-corrected chi connectivity index (χ4v) is 7.51. The highest BCUT2D eigenvalue weighted by molar-refractivity contribution is 9.10. The molecule has 0 unspecified atom stereocenters. The molecule has 3 amide bonds. The lowest BCUT2D eigenvalue weighted by atomic mass is 10.0. The van der Waals surface area contributed by atoms with Crippen LogP contribution in [0.15, 0.2) is 22.7 Å². The van der Waals surface area contributed by atoms with E-state index in [2.05, 4.69) is 56.4 Å². The lowest BCUT2D eigenvalue weighted by molar-refractivity contribution is -0.117. The first-order valence-corrected chi connectivity index (χ1v) is 14.9. The Morgan fingerprint density at radius 3 is 2.45 bits per heavy atom. The Balaban J connectivity index is 1.56. The van der Waals surface area contributed by atoms with E-state index in [4.69, 9.17) is 0 Å². The molecule has 0 spiro atoms. The number of aromatic nitrogens is 2. The number of anilines is 2. The zero-order valence-corrected chi connectivity index (χ0v) is 21.5. The van der Waals surface area contributed by atoms with Gasteiger partial charge in [0, 0.05) is 10.0 Å². The van der Waals surface area contributed by atoms with Gasteiger partial charge >= 0.3 is 6.03 Å². The second kappa shape index (κ2) is 7.20. The minimum absolute atomic E-state index is 0.0746. The van der Waals surface area contributed by atoms with E-state index in [1.807, 2.05) is 39.0 Å². The molecule has 7 nitrogen and oxygen atoms in total. The highest BCUT2D eigenvalue weighted by atomic mass is 79.9. The number of fused-ring (bicyclic) bond motifs is 1. The number of amides is 3. The van der Waals surface area contributed by atoms with Crippen molar-refractivity contribution in [2.24, 2.45) is 0 Å². The number of carbonyl (C=O) groups is 2. The van der Waals surface area contributed by atoms with E-state index in [1.165, 1.54) is 0 Å². The Kier molecular flexibility index (Phi) is 5.12. The van der Waals surface area contributed by atoms with Gasteiger partial charge in [0.2, 0.25) is 5.91 Å². The number of aromatic amines is 1. The second-order valence-electron chi connectivity index (χ2n) is 10.2. The van der Waals surface area contributed by atoms with Crippen molar-refractivity contribution < 1.29 is 9.59 Å². The average molecular weight is 505 g/mol. The van der Waals surface area contributed by atoms with Gasteiger partial charge in [0.15, 0.2) is 5.82 Å². The van der Waals surface area contributed by atoms with Crippen LogP contribution in [0.3, 0.4) is 0 Å². The average Bonchev–Trinajstić information content (AvgIpc) is 3.33. The number of aryl methyl sites for hydroxylation is 1. The predicted octanol–water partition coefficient (Wildman–Crippen LogP) is 5.57. The van der Waals surface area contributed by atoms with Crippen LogP contribution in [0.5, 0.6) is 0 Å². The number of halogens is 1. The van der Waals surface area contributed by atoms with Gasteiger partial charge in [0.05, 0.1) is 23.5 Å². The molecule has 2 aliphatic rings. The van der Waals surface area contributed by atoms with E-state index in [9.17, 15) is 9.59 Å². The lowest BCUT2D eigenvalue weighted by Crippen LogP contribution is -2.43. The van der Waals surface area contributed by atoms with E-state index in [0.29, 0.717) is 12.4 Å². The Hall–Kier alpha value is -2.13. The van der Waals surface area contributed by atoms with E-state index in [-0.39, 0.29) is 17.0 Å². The number of para-hydroxylation sites is 1. The van der Waals surface area contributed by atoms with Crippen LogP contribution in [-0.4, -0.2) is 35.1 Å². The van der Waals surface area contributed by atoms with Crippen LogP contribution in [0.1, 0.15) is 43.5 Å². The summed E-state index contributed by atoms with van der Waals surface area (Å²) in [6.07, 6.45) is 1.90. The fraction of sp³-hybridized carbons (Fsp3) is 0.500. The van der Waals surface area contributed by atoms with E-state index >= 15 is 0 Å². The van der Waals surface area contributed by atoms with Gasteiger partial charge in [-0.15, -0.1) is 8.07 Å². The number of nitrogens with one attached hydrogen (secondary N) is 3. The quantitative estimate of drug-likeness (QED) is 0.476. The highest BCUT2D eigenvalue weighted by Crippen LogP contribution is 2.61. The molecule has 4 rings (SSSR count). The summed E-state index contributed by atoms with van der Waals surface area (Å²) >= 11 is 3.52. The molecule has 1 fully saturated rings. The van der Waals surface area contributed by atoms with Crippen molar-refractivity contribution in [3.8, 4) is 0 Å². The van der Waals surface area contributed by atoms with E-state index < -0.39 is 13.6 Å². The van der Waals surface area contributed by atoms with Gasteiger partial charge in [-0.05, 0) is 48.3 Å². The molecular weight excluding hydrogens is 474 g/mol. The molecule has 1 aliphatic carbocycles. The summed E-state index contributed by atoms with van der Waals surface area (Å²) in [4.78, 5) is 28.1. The summed E-state index contributed by atoms with van der Waals surface area (Å²) in [7, 11) is -1.64.